The van der Waals surface area contributed by atoms with Gasteiger partial charge in [-0.05, 0) is 70.4 Å². The Kier molecular flexibility index (Phi) is 9.03. The summed E-state index contributed by atoms with van der Waals surface area (Å²) in [6, 6.07) is 18.4. The lowest BCUT2D eigenvalue weighted by molar-refractivity contribution is -0.293. The van der Waals surface area contributed by atoms with Crippen molar-refractivity contribution in [2.45, 2.75) is 64.2 Å². The summed E-state index contributed by atoms with van der Waals surface area (Å²) in [7, 11) is 0. The van der Waals surface area contributed by atoms with Crippen molar-refractivity contribution in [3.63, 3.8) is 0 Å². The molecule has 0 aliphatic carbocycles. The number of piperidine rings is 1. The molecule has 0 saturated carbocycles. The number of fused-ring (bicyclic) bond motifs is 3. The lowest BCUT2D eigenvalue weighted by atomic mass is 9.78. The lowest BCUT2D eigenvalue weighted by Crippen LogP contribution is -2.64. The molecule has 2 aromatic carbocycles. The van der Waals surface area contributed by atoms with Gasteiger partial charge >= 0.3 is 0 Å². The van der Waals surface area contributed by atoms with Crippen molar-refractivity contribution >= 4 is 45.2 Å². The fourth-order valence-electron chi connectivity index (χ4n) is 6.52. The SMILES string of the molecule is CC1(C)CC(N(CC(=O)N(CC(N)=O)Cc2ccccc2)C(=O)CNc2cc3cccnc3c3ncccc23)CC(C)(C)N1[O]. The predicted octanol–water partition coefficient (Wildman–Crippen LogP) is 3.90. The van der Waals surface area contributed by atoms with Gasteiger partial charge in [0.05, 0.1) is 24.1 Å². The van der Waals surface area contributed by atoms with E-state index in [0.29, 0.717) is 24.0 Å². The van der Waals surface area contributed by atoms with E-state index in [-0.39, 0.29) is 32.1 Å². The molecule has 2 aromatic heterocycles. The van der Waals surface area contributed by atoms with Gasteiger partial charge in [0, 0.05) is 52.5 Å². The number of pyridine rings is 2. The fourth-order valence-corrected chi connectivity index (χ4v) is 6.52. The Bertz CT molecular complexity index is 1690. The van der Waals surface area contributed by atoms with E-state index in [1.807, 2.05) is 88.4 Å². The second kappa shape index (κ2) is 12.8. The van der Waals surface area contributed by atoms with Crippen molar-refractivity contribution in [1.29, 1.82) is 0 Å². The van der Waals surface area contributed by atoms with Crippen LogP contribution in [0.2, 0.25) is 0 Å². The number of nitrogens with one attached hydrogen (secondary N) is 1. The Morgan fingerprint density at radius 3 is 2.20 bits per heavy atom. The largest absolute Gasteiger partial charge is 0.376 e. The minimum atomic E-state index is -0.772. The van der Waals surface area contributed by atoms with E-state index in [1.165, 1.54) is 4.90 Å². The van der Waals surface area contributed by atoms with Crippen molar-refractivity contribution in [3.05, 3.63) is 78.6 Å². The molecule has 3 N–H and O–H groups in total. The van der Waals surface area contributed by atoms with Crippen LogP contribution in [0.4, 0.5) is 5.69 Å². The molecule has 45 heavy (non-hydrogen) atoms. The molecular formula is C34H40N7O4. The molecule has 1 fully saturated rings. The number of nitrogens with two attached hydrogens (primary N) is 1. The smallest absolute Gasteiger partial charge is 0.242 e. The van der Waals surface area contributed by atoms with Crippen LogP contribution < -0.4 is 11.1 Å². The van der Waals surface area contributed by atoms with Crippen LogP contribution in [0.5, 0.6) is 0 Å². The molecule has 11 heteroatoms. The molecule has 4 aromatic rings. The Morgan fingerprint density at radius 1 is 0.889 bits per heavy atom. The van der Waals surface area contributed by atoms with E-state index >= 15 is 0 Å². The molecule has 1 aliphatic rings. The summed E-state index contributed by atoms with van der Waals surface area (Å²) < 4.78 is 0. The average molecular weight is 611 g/mol. The Morgan fingerprint density at radius 2 is 1.53 bits per heavy atom. The summed E-state index contributed by atoms with van der Waals surface area (Å²) in [5.74, 6) is -1.36. The lowest BCUT2D eigenvalue weighted by Gasteiger charge is -2.52. The third kappa shape index (κ3) is 7.05. The van der Waals surface area contributed by atoms with Crippen molar-refractivity contribution in [1.82, 2.24) is 24.8 Å². The number of carbonyl (C=O) groups excluding carboxylic acids is 3. The van der Waals surface area contributed by atoms with Crippen molar-refractivity contribution in [2.75, 3.05) is 25.0 Å². The molecule has 3 heterocycles. The number of hydrogen-bond acceptors (Lipinski definition) is 7. The summed E-state index contributed by atoms with van der Waals surface area (Å²) in [5, 5.41) is 19.2. The Hall–Kier alpha value is -4.61. The quantitative estimate of drug-likeness (QED) is 0.259. The van der Waals surface area contributed by atoms with E-state index in [2.05, 4.69) is 15.3 Å². The number of carbonyl (C=O) groups is 3. The first-order valence-corrected chi connectivity index (χ1v) is 15.1. The van der Waals surface area contributed by atoms with Gasteiger partial charge in [0.25, 0.3) is 0 Å². The first-order chi connectivity index (χ1) is 21.4. The van der Waals surface area contributed by atoms with Gasteiger partial charge in [0.15, 0.2) is 0 Å². The normalized spacial score (nSPS) is 16.4. The molecule has 235 valence electrons. The number of rotatable bonds is 10. The molecule has 3 amide bonds. The van der Waals surface area contributed by atoms with Crippen LogP contribution in [0.25, 0.3) is 21.8 Å². The third-order valence-electron chi connectivity index (χ3n) is 8.44. The van der Waals surface area contributed by atoms with E-state index in [9.17, 15) is 19.6 Å². The van der Waals surface area contributed by atoms with Gasteiger partial charge in [-0.15, -0.1) is 10.3 Å². The second-order valence-corrected chi connectivity index (χ2v) is 13.0. The molecule has 0 unspecified atom stereocenters. The van der Waals surface area contributed by atoms with Gasteiger partial charge in [-0.3, -0.25) is 24.4 Å². The number of anilines is 1. The zero-order valence-corrected chi connectivity index (χ0v) is 26.2. The molecule has 1 aliphatic heterocycles. The summed E-state index contributed by atoms with van der Waals surface area (Å²) in [5.41, 5.74) is 7.01. The Labute approximate surface area is 263 Å². The third-order valence-corrected chi connectivity index (χ3v) is 8.44. The zero-order chi connectivity index (χ0) is 32.4. The number of hydroxylamine groups is 2. The number of aromatic nitrogens is 2. The standard InChI is InChI=1S/C34H40N7O4/c1-33(2)17-25(18-34(3,4)41(33)45)40(22-30(44)39(21-28(35)42)20-23-10-6-5-7-11-23)29(43)19-38-27-16-24-12-8-14-36-31(24)32-26(27)13-9-15-37-32/h5-16,25,38H,17-22H2,1-4H3,(H2,35,42). The number of benzene rings is 2. The monoisotopic (exact) mass is 610 g/mol. The van der Waals surface area contributed by atoms with Crippen molar-refractivity contribution in [3.8, 4) is 0 Å². The van der Waals surface area contributed by atoms with Crippen LogP contribution in [-0.2, 0) is 26.1 Å². The summed E-state index contributed by atoms with van der Waals surface area (Å²) in [6.07, 6.45) is 4.18. The second-order valence-electron chi connectivity index (χ2n) is 13.0. The van der Waals surface area contributed by atoms with Gasteiger partial charge in [-0.2, -0.15) is 0 Å². The van der Waals surface area contributed by atoms with Crippen LogP contribution in [-0.4, -0.2) is 79.3 Å². The maximum atomic E-state index is 14.1. The summed E-state index contributed by atoms with van der Waals surface area (Å²) in [4.78, 5) is 51.9. The van der Waals surface area contributed by atoms with Gasteiger partial charge in [0.2, 0.25) is 17.7 Å². The first kappa shape index (κ1) is 31.8. The maximum absolute atomic E-state index is 14.1. The molecule has 11 nitrogen and oxygen atoms in total. The van der Waals surface area contributed by atoms with Gasteiger partial charge < -0.3 is 20.9 Å². The molecule has 0 bridgehead atoms. The molecular weight excluding hydrogens is 570 g/mol. The molecule has 1 radical (unpaired) electrons. The fraction of sp³-hybridized carbons (Fsp3) is 0.382. The number of primary amides is 1. The van der Waals surface area contributed by atoms with Crippen molar-refractivity contribution in [2.24, 2.45) is 5.73 Å². The van der Waals surface area contributed by atoms with Crippen LogP contribution in [0.3, 0.4) is 0 Å². The predicted molar refractivity (Wildman–Crippen MR) is 172 cm³/mol. The number of nitrogens with zero attached hydrogens (tertiary/aromatic N) is 5. The van der Waals surface area contributed by atoms with Gasteiger partial charge in [0.1, 0.15) is 6.54 Å². The van der Waals surface area contributed by atoms with E-state index < -0.39 is 28.9 Å². The van der Waals surface area contributed by atoms with Crippen LogP contribution >= 0.6 is 0 Å². The van der Waals surface area contributed by atoms with E-state index in [4.69, 9.17) is 5.73 Å². The highest BCUT2D eigenvalue weighted by Crippen LogP contribution is 2.39. The topological polar surface area (TPSA) is 145 Å². The highest BCUT2D eigenvalue weighted by Gasteiger charge is 2.48. The highest BCUT2D eigenvalue weighted by atomic mass is 16.5. The first-order valence-electron chi connectivity index (χ1n) is 15.1. The van der Waals surface area contributed by atoms with Crippen LogP contribution in [0.15, 0.2) is 73.1 Å². The molecule has 5 rings (SSSR count). The highest BCUT2D eigenvalue weighted by molar-refractivity contribution is 6.09. The Balaban J connectivity index is 1.44. The molecule has 1 saturated heterocycles. The van der Waals surface area contributed by atoms with Gasteiger partial charge in [-0.25, -0.2) is 0 Å². The minimum absolute atomic E-state index is 0.101. The van der Waals surface area contributed by atoms with E-state index in [1.54, 1.807) is 17.3 Å². The van der Waals surface area contributed by atoms with Gasteiger partial charge in [-0.1, -0.05) is 36.4 Å². The maximum Gasteiger partial charge on any atom is 0.242 e. The average Bonchev–Trinajstić information content (AvgIpc) is 3.00. The van der Waals surface area contributed by atoms with E-state index in [0.717, 1.165) is 26.9 Å². The molecule has 0 atom stereocenters. The van der Waals surface area contributed by atoms with Crippen LogP contribution in [0.1, 0.15) is 46.1 Å². The minimum Gasteiger partial charge on any atom is -0.376 e. The molecule has 0 spiro atoms. The number of amides is 3. The summed E-state index contributed by atoms with van der Waals surface area (Å²) in [6.45, 7) is 6.94. The zero-order valence-electron chi connectivity index (χ0n) is 26.2. The summed E-state index contributed by atoms with van der Waals surface area (Å²) >= 11 is 0. The number of hydrogen-bond donors (Lipinski definition) is 2. The van der Waals surface area contributed by atoms with Crippen molar-refractivity contribution < 1.29 is 19.6 Å². The van der Waals surface area contributed by atoms with Crippen LogP contribution in [0, 0.1) is 0 Å².